The molecule has 32 heavy (non-hydrogen) atoms. The Balaban J connectivity index is 2.17. The first-order valence-corrected chi connectivity index (χ1v) is 10.8. The summed E-state index contributed by atoms with van der Waals surface area (Å²) in [6, 6.07) is 7.83. The molecule has 0 bridgehead atoms. The summed E-state index contributed by atoms with van der Waals surface area (Å²) in [4.78, 5) is 40.3. The van der Waals surface area contributed by atoms with E-state index >= 15 is 0 Å². The van der Waals surface area contributed by atoms with E-state index in [4.69, 9.17) is 9.47 Å². The Morgan fingerprint density at radius 1 is 1.03 bits per heavy atom. The van der Waals surface area contributed by atoms with Crippen LogP contribution in [0.15, 0.2) is 36.0 Å². The number of carbonyl (C=O) groups is 3. The highest BCUT2D eigenvalue weighted by Crippen LogP contribution is 2.23. The summed E-state index contributed by atoms with van der Waals surface area (Å²) < 4.78 is 10.1. The summed E-state index contributed by atoms with van der Waals surface area (Å²) in [5, 5.41) is 3.76. The molecule has 2 N–H and O–H groups in total. The van der Waals surface area contributed by atoms with E-state index in [2.05, 4.69) is 10.3 Å². The van der Waals surface area contributed by atoms with Crippen LogP contribution < -0.4 is 5.32 Å². The number of H-pyrrole nitrogens is 1. The van der Waals surface area contributed by atoms with Gasteiger partial charge in [0.15, 0.2) is 0 Å². The summed E-state index contributed by atoms with van der Waals surface area (Å²) in [6.07, 6.45) is 5.63. The monoisotopic (exact) mass is 442 g/mol. The van der Waals surface area contributed by atoms with E-state index in [9.17, 15) is 14.4 Å². The molecule has 0 radical (unpaired) electrons. The lowest BCUT2D eigenvalue weighted by Gasteiger charge is -2.24. The van der Waals surface area contributed by atoms with Crippen LogP contribution in [0.2, 0.25) is 0 Å². The Bertz CT molecular complexity index is 995. The quantitative estimate of drug-likeness (QED) is 0.338. The van der Waals surface area contributed by atoms with E-state index in [-0.39, 0.29) is 18.3 Å². The molecule has 174 valence electrons. The lowest BCUT2D eigenvalue weighted by molar-refractivity contribution is -0.155. The topological polar surface area (TPSA) is 97.5 Å². The molecule has 1 aromatic carbocycles. The van der Waals surface area contributed by atoms with Crippen LogP contribution in [0.5, 0.6) is 0 Å². The third-order valence-electron chi connectivity index (χ3n) is 4.86. The zero-order chi connectivity index (χ0) is 23.9. The highest BCUT2D eigenvalue weighted by molar-refractivity contribution is 6.02. The average molecular weight is 443 g/mol. The molecule has 0 aliphatic carbocycles. The van der Waals surface area contributed by atoms with Crippen LogP contribution in [0.3, 0.4) is 0 Å². The van der Waals surface area contributed by atoms with Gasteiger partial charge in [-0.3, -0.25) is 9.59 Å². The second-order valence-electron chi connectivity index (χ2n) is 9.32. The number of aromatic amines is 1. The number of ether oxygens (including phenoxy) is 2. The van der Waals surface area contributed by atoms with Crippen molar-refractivity contribution in [2.75, 3.05) is 7.11 Å². The number of benzene rings is 1. The number of unbranched alkanes of at least 4 members (excludes halogenated alkanes) is 1. The standard InChI is InChI=1S/C25H34N2O5/c1-24(2,3)32-21(28)14-10-7-11-17(22(29)27-25(4,5)23(30)31-6)15-18-16-26-20-13-9-8-12-19(18)20/h8-9,12-13,15-16,26H,7,10-11,14H2,1-6H3,(H,27,29)/b17-15+. The van der Waals surface area contributed by atoms with Gasteiger partial charge in [-0.2, -0.15) is 0 Å². The highest BCUT2D eigenvalue weighted by Gasteiger charge is 2.31. The number of esters is 2. The van der Waals surface area contributed by atoms with Crippen LogP contribution in [0, 0.1) is 0 Å². The summed E-state index contributed by atoms with van der Waals surface area (Å²) in [7, 11) is 1.29. The van der Waals surface area contributed by atoms with Crippen molar-refractivity contribution in [1.29, 1.82) is 0 Å². The van der Waals surface area contributed by atoms with Crippen molar-refractivity contribution in [1.82, 2.24) is 10.3 Å². The van der Waals surface area contributed by atoms with Gasteiger partial charge in [0.05, 0.1) is 7.11 Å². The van der Waals surface area contributed by atoms with Crippen molar-refractivity contribution in [3.05, 3.63) is 41.6 Å². The molecule has 2 aromatic rings. The number of hydrogen-bond donors (Lipinski definition) is 2. The van der Waals surface area contributed by atoms with Crippen LogP contribution in [0.25, 0.3) is 17.0 Å². The van der Waals surface area contributed by atoms with E-state index in [1.165, 1.54) is 7.11 Å². The number of rotatable bonds is 9. The first-order valence-electron chi connectivity index (χ1n) is 10.8. The molecule has 0 saturated carbocycles. The SMILES string of the molecule is COC(=O)C(C)(C)NC(=O)/C(=C/c1c[nH]c2ccccc12)CCCCC(=O)OC(C)(C)C. The number of aromatic nitrogens is 1. The lowest BCUT2D eigenvalue weighted by atomic mass is 10.00. The molecule has 0 unspecified atom stereocenters. The van der Waals surface area contributed by atoms with Crippen molar-refractivity contribution in [3.63, 3.8) is 0 Å². The number of fused-ring (bicyclic) bond motifs is 1. The predicted octanol–water partition coefficient (Wildman–Crippen LogP) is 4.52. The molecule has 0 aliphatic rings. The molecule has 2 rings (SSSR count). The Morgan fingerprint density at radius 3 is 2.34 bits per heavy atom. The fourth-order valence-corrected chi connectivity index (χ4v) is 3.30. The molecule has 1 aromatic heterocycles. The molecule has 1 amide bonds. The number of amides is 1. The normalized spacial score (nSPS) is 12.5. The van der Waals surface area contributed by atoms with E-state index in [0.29, 0.717) is 24.8 Å². The Kier molecular flexibility index (Phi) is 8.25. The molecule has 7 heteroatoms. The summed E-state index contributed by atoms with van der Waals surface area (Å²) in [6.45, 7) is 8.70. The molecule has 0 saturated heterocycles. The van der Waals surface area contributed by atoms with Crippen LogP contribution in [0.4, 0.5) is 0 Å². The molecule has 0 aliphatic heterocycles. The fraction of sp³-hybridized carbons (Fsp3) is 0.480. The van der Waals surface area contributed by atoms with Gasteiger partial charge >= 0.3 is 11.9 Å². The van der Waals surface area contributed by atoms with Gasteiger partial charge in [0, 0.05) is 34.7 Å². The van der Waals surface area contributed by atoms with Crippen LogP contribution in [-0.4, -0.2) is 41.1 Å². The highest BCUT2D eigenvalue weighted by atomic mass is 16.6. The van der Waals surface area contributed by atoms with Crippen molar-refractivity contribution in [3.8, 4) is 0 Å². The second kappa shape index (κ2) is 10.5. The Labute approximate surface area is 189 Å². The van der Waals surface area contributed by atoms with Crippen LogP contribution in [0.1, 0.15) is 65.9 Å². The number of para-hydroxylation sites is 1. The molecule has 1 heterocycles. The van der Waals surface area contributed by atoms with Gasteiger partial charge < -0.3 is 19.8 Å². The van der Waals surface area contributed by atoms with E-state index in [1.807, 2.05) is 57.3 Å². The number of methoxy groups -OCH3 is 1. The van der Waals surface area contributed by atoms with Crippen LogP contribution >= 0.6 is 0 Å². The van der Waals surface area contributed by atoms with Gasteiger partial charge in [-0.1, -0.05) is 18.2 Å². The minimum absolute atomic E-state index is 0.254. The number of carbonyl (C=O) groups excluding carboxylic acids is 3. The summed E-state index contributed by atoms with van der Waals surface area (Å²) >= 11 is 0. The first kappa shape index (κ1) is 25.2. The third-order valence-corrected chi connectivity index (χ3v) is 4.86. The zero-order valence-corrected chi connectivity index (χ0v) is 19.8. The number of nitrogens with one attached hydrogen (secondary N) is 2. The van der Waals surface area contributed by atoms with E-state index in [0.717, 1.165) is 16.5 Å². The van der Waals surface area contributed by atoms with Gasteiger partial charge in [0.25, 0.3) is 0 Å². The minimum Gasteiger partial charge on any atom is -0.467 e. The van der Waals surface area contributed by atoms with E-state index in [1.54, 1.807) is 13.8 Å². The summed E-state index contributed by atoms with van der Waals surface area (Å²) in [5.74, 6) is -1.12. The van der Waals surface area contributed by atoms with Crippen molar-refractivity contribution in [2.45, 2.75) is 71.4 Å². The average Bonchev–Trinajstić information content (AvgIpc) is 3.10. The van der Waals surface area contributed by atoms with Gasteiger partial charge in [-0.05, 0) is 66.0 Å². The predicted molar refractivity (Wildman–Crippen MR) is 125 cm³/mol. The largest absolute Gasteiger partial charge is 0.467 e. The maximum Gasteiger partial charge on any atom is 0.330 e. The molecule has 0 spiro atoms. The number of hydrogen-bond acceptors (Lipinski definition) is 5. The fourth-order valence-electron chi connectivity index (χ4n) is 3.30. The second-order valence-corrected chi connectivity index (χ2v) is 9.32. The van der Waals surface area contributed by atoms with Gasteiger partial charge in [0.2, 0.25) is 5.91 Å². The van der Waals surface area contributed by atoms with Crippen molar-refractivity contribution in [2.24, 2.45) is 0 Å². The van der Waals surface area contributed by atoms with Gasteiger partial charge in [-0.25, -0.2) is 4.79 Å². The van der Waals surface area contributed by atoms with E-state index < -0.39 is 17.1 Å². The third kappa shape index (κ3) is 7.25. The zero-order valence-electron chi connectivity index (χ0n) is 19.8. The molecule has 0 atom stereocenters. The van der Waals surface area contributed by atoms with Crippen molar-refractivity contribution < 1.29 is 23.9 Å². The maximum absolute atomic E-state index is 13.1. The smallest absolute Gasteiger partial charge is 0.330 e. The molecule has 7 nitrogen and oxygen atoms in total. The lowest BCUT2D eigenvalue weighted by Crippen LogP contribution is -2.50. The molecule has 0 fully saturated rings. The Morgan fingerprint density at radius 2 is 1.69 bits per heavy atom. The van der Waals surface area contributed by atoms with Crippen molar-refractivity contribution >= 4 is 34.8 Å². The molecular weight excluding hydrogens is 408 g/mol. The maximum atomic E-state index is 13.1. The first-order chi connectivity index (χ1) is 14.9. The van der Waals surface area contributed by atoms with Crippen LogP contribution in [-0.2, 0) is 23.9 Å². The minimum atomic E-state index is -1.17. The summed E-state index contributed by atoms with van der Waals surface area (Å²) in [5.41, 5.74) is 0.696. The Hall–Kier alpha value is -3.09. The molecular formula is C25H34N2O5. The van der Waals surface area contributed by atoms with Gasteiger partial charge in [-0.15, -0.1) is 0 Å². The van der Waals surface area contributed by atoms with Gasteiger partial charge in [0.1, 0.15) is 11.1 Å².